The molecule has 0 N–H and O–H groups in total. The molecule has 0 fully saturated rings. The summed E-state index contributed by atoms with van der Waals surface area (Å²) >= 11 is 4.67. The average Bonchev–Trinajstić information content (AvgIpc) is 2.43. The van der Waals surface area contributed by atoms with Gasteiger partial charge < -0.3 is 0 Å². The average molecular weight is 339 g/mol. The molecule has 0 saturated heterocycles. The second-order valence-corrected chi connectivity index (χ2v) is 5.87. The van der Waals surface area contributed by atoms with E-state index in [1.54, 1.807) is 12.1 Å². The second-order valence-electron chi connectivity index (χ2n) is 4.03. The molecule has 0 aliphatic carbocycles. The van der Waals surface area contributed by atoms with E-state index in [9.17, 15) is 9.18 Å². The summed E-state index contributed by atoms with van der Waals surface area (Å²) in [6.07, 6.45) is 0.248. The Bertz CT molecular complexity index is 572. The van der Waals surface area contributed by atoms with Gasteiger partial charge in [-0.3, -0.25) is 4.79 Å². The summed E-state index contributed by atoms with van der Waals surface area (Å²) in [5.41, 5.74) is 0.693. The van der Waals surface area contributed by atoms with E-state index in [0.717, 1.165) is 4.90 Å². The molecule has 0 saturated carbocycles. The lowest BCUT2D eigenvalue weighted by Crippen LogP contribution is -2.06. The van der Waals surface area contributed by atoms with Crippen LogP contribution in [0.3, 0.4) is 0 Å². The first-order chi connectivity index (χ1) is 9.16. The molecule has 98 valence electrons. The molecule has 0 bridgehead atoms. The maximum atomic E-state index is 13.3. The van der Waals surface area contributed by atoms with Gasteiger partial charge in [-0.1, -0.05) is 30.3 Å². The van der Waals surface area contributed by atoms with E-state index >= 15 is 0 Å². The molecule has 0 atom stereocenters. The second kappa shape index (κ2) is 6.87. The van der Waals surface area contributed by atoms with Gasteiger partial charge in [0.1, 0.15) is 11.6 Å². The lowest BCUT2D eigenvalue weighted by Gasteiger charge is -2.05. The van der Waals surface area contributed by atoms with Gasteiger partial charge in [-0.2, -0.15) is 0 Å². The topological polar surface area (TPSA) is 17.1 Å². The summed E-state index contributed by atoms with van der Waals surface area (Å²) in [5.74, 6) is 0.147. The van der Waals surface area contributed by atoms with Crippen LogP contribution in [0.5, 0.6) is 0 Å². The quantitative estimate of drug-likeness (QED) is 0.747. The predicted molar refractivity (Wildman–Crippen MR) is 80.0 cm³/mol. The molecule has 0 amide bonds. The third kappa shape index (κ3) is 4.18. The standard InChI is InChI=1S/C15H12BrFOS/c16-15-11(5-4-8-14(15)17)9-12(18)10-19-13-6-2-1-3-7-13/h1-8H,9-10H2. The zero-order chi connectivity index (χ0) is 13.7. The smallest absolute Gasteiger partial charge is 0.147 e. The van der Waals surface area contributed by atoms with Crippen molar-refractivity contribution in [3.8, 4) is 0 Å². The maximum absolute atomic E-state index is 13.3. The molecule has 0 aliphatic rings. The Balaban J connectivity index is 1.93. The zero-order valence-corrected chi connectivity index (χ0v) is 12.5. The summed E-state index contributed by atoms with van der Waals surface area (Å²) < 4.78 is 13.7. The van der Waals surface area contributed by atoms with Crippen LogP contribution in [-0.2, 0) is 11.2 Å². The van der Waals surface area contributed by atoms with E-state index < -0.39 is 0 Å². The van der Waals surface area contributed by atoms with Gasteiger partial charge in [0.05, 0.1) is 10.2 Å². The van der Waals surface area contributed by atoms with Gasteiger partial charge in [-0.15, -0.1) is 11.8 Å². The fourth-order valence-electron chi connectivity index (χ4n) is 1.63. The lowest BCUT2D eigenvalue weighted by atomic mass is 10.1. The molecule has 0 aromatic heterocycles. The summed E-state index contributed by atoms with van der Waals surface area (Å²) in [4.78, 5) is 12.9. The summed E-state index contributed by atoms with van der Waals surface area (Å²) in [7, 11) is 0. The van der Waals surface area contributed by atoms with Crippen molar-refractivity contribution in [3.63, 3.8) is 0 Å². The number of ketones is 1. The molecule has 0 aliphatic heterocycles. The van der Waals surface area contributed by atoms with Gasteiger partial charge in [0.2, 0.25) is 0 Å². The van der Waals surface area contributed by atoms with Crippen molar-refractivity contribution in [2.24, 2.45) is 0 Å². The molecule has 0 spiro atoms. The molecule has 0 radical (unpaired) electrons. The van der Waals surface area contributed by atoms with Crippen molar-refractivity contribution in [1.29, 1.82) is 0 Å². The molecule has 2 aromatic carbocycles. The lowest BCUT2D eigenvalue weighted by molar-refractivity contribution is -0.116. The molecular weight excluding hydrogens is 327 g/mol. The number of carbonyl (C=O) groups excluding carboxylic acids is 1. The van der Waals surface area contributed by atoms with Crippen LogP contribution in [0.1, 0.15) is 5.56 Å². The SMILES string of the molecule is O=C(CSc1ccccc1)Cc1cccc(F)c1Br. The summed E-state index contributed by atoms with van der Waals surface area (Å²) in [6, 6.07) is 14.5. The number of thioether (sulfide) groups is 1. The van der Waals surface area contributed by atoms with Crippen molar-refractivity contribution in [3.05, 3.63) is 64.4 Å². The van der Waals surface area contributed by atoms with Gasteiger partial charge >= 0.3 is 0 Å². The van der Waals surface area contributed by atoms with Gasteiger partial charge in [-0.25, -0.2) is 4.39 Å². The first kappa shape index (κ1) is 14.3. The minimum atomic E-state index is -0.332. The molecule has 4 heteroatoms. The van der Waals surface area contributed by atoms with Crippen LogP contribution in [-0.4, -0.2) is 11.5 Å². The van der Waals surface area contributed by atoms with Crippen LogP contribution in [0.2, 0.25) is 0 Å². The van der Waals surface area contributed by atoms with Crippen molar-refractivity contribution in [1.82, 2.24) is 0 Å². The van der Waals surface area contributed by atoms with Gasteiger partial charge in [0, 0.05) is 11.3 Å². The molecule has 0 unspecified atom stereocenters. The molecule has 19 heavy (non-hydrogen) atoms. The van der Waals surface area contributed by atoms with Crippen LogP contribution >= 0.6 is 27.7 Å². The van der Waals surface area contributed by atoms with E-state index in [-0.39, 0.29) is 18.0 Å². The first-order valence-corrected chi connectivity index (χ1v) is 7.57. The number of hydrogen-bond acceptors (Lipinski definition) is 2. The Morgan fingerprint density at radius 3 is 2.58 bits per heavy atom. The fraction of sp³-hybridized carbons (Fsp3) is 0.133. The van der Waals surface area contributed by atoms with Crippen LogP contribution in [0, 0.1) is 5.82 Å². The number of hydrogen-bond donors (Lipinski definition) is 0. The third-order valence-corrected chi connectivity index (χ3v) is 4.52. The highest BCUT2D eigenvalue weighted by Crippen LogP contribution is 2.22. The highest BCUT2D eigenvalue weighted by atomic mass is 79.9. The number of rotatable bonds is 5. The Kier molecular flexibility index (Phi) is 5.16. The Hall–Kier alpha value is -1.13. The fourth-order valence-corrected chi connectivity index (χ4v) is 2.81. The van der Waals surface area contributed by atoms with Crippen molar-refractivity contribution in [2.45, 2.75) is 11.3 Å². The van der Waals surface area contributed by atoms with E-state index in [4.69, 9.17) is 0 Å². The Morgan fingerprint density at radius 2 is 1.84 bits per heavy atom. The van der Waals surface area contributed by atoms with Crippen molar-refractivity contribution in [2.75, 3.05) is 5.75 Å². The van der Waals surface area contributed by atoms with E-state index in [1.165, 1.54) is 17.8 Å². The third-order valence-electron chi connectivity index (χ3n) is 2.56. The number of benzene rings is 2. The van der Waals surface area contributed by atoms with Crippen LogP contribution in [0.15, 0.2) is 57.9 Å². The number of halogens is 2. The van der Waals surface area contributed by atoms with Gasteiger partial charge in [-0.05, 0) is 39.7 Å². The van der Waals surface area contributed by atoms with Gasteiger partial charge in [0.15, 0.2) is 0 Å². The van der Waals surface area contributed by atoms with Crippen LogP contribution < -0.4 is 0 Å². The van der Waals surface area contributed by atoms with Crippen LogP contribution in [0.25, 0.3) is 0 Å². The summed E-state index contributed by atoms with van der Waals surface area (Å²) in [5, 5.41) is 0. The van der Waals surface area contributed by atoms with E-state index in [1.807, 2.05) is 30.3 Å². The van der Waals surface area contributed by atoms with E-state index in [2.05, 4.69) is 15.9 Å². The van der Waals surface area contributed by atoms with Gasteiger partial charge in [0.25, 0.3) is 0 Å². The minimum Gasteiger partial charge on any atom is -0.298 e. The molecule has 2 aromatic rings. The first-order valence-electron chi connectivity index (χ1n) is 5.79. The molecule has 0 heterocycles. The zero-order valence-electron chi connectivity index (χ0n) is 10.1. The Morgan fingerprint density at radius 1 is 1.11 bits per heavy atom. The molecular formula is C15H12BrFOS. The highest BCUT2D eigenvalue weighted by molar-refractivity contribution is 9.10. The monoisotopic (exact) mass is 338 g/mol. The number of carbonyl (C=O) groups is 1. The van der Waals surface area contributed by atoms with Crippen molar-refractivity contribution >= 4 is 33.5 Å². The summed E-state index contributed by atoms with van der Waals surface area (Å²) in [6.45, 7) is 0. The van der Waals surface area contributed by atoms with E-state index in [0.29, 0.717) is 15.8 Å². The normalized spacial score (nSPS) is 10.4. The maximum Gasteiger partial charge on any atom is 0.147 e. The molecule has 2 rings (SSSR count). The van der Waals surface area contributed by atoms with Crippen LogP contribution in [0.4, 0.5) is 4.39 Å². The minimum absolute atomic E-state index is 0.0835. The molecule has 1 nitrogen and oxygen atoms in total. The predicted octanol–water partition coefficient (Wildman–Crippen LogP) is 4.49. The number of Topliss-reactive ketones (excluding diaryl/α,β-unsaturated/α-hetero) is 1. The Labute approximate surface area is 124 Å². The highest BCUT2D eigenvalue weighted by Gasteiger charge is 2.10. The van der Waals surface area contributed by atoms with Crippen molar-refractivity contribution < 1.29 is 9.18 Å². The largest absolute Gasteiger partial charge is 0.298 e.